The summed E-state index contributed by atoms with van der Waals surface area (Å²) < 4.78 is 4.96. The Kier molecular flexibility index (Phi) is 6.38. The van der Waals surface area contributed by atoms with Crippen molar-refractivity contribution in [2.45, 2.75) is 37.6 Å². The molecule has 0 saturated heterocycles. The molecular weight excluding hydrogens is 446 g/mol. The fourth-order valence-corrected chi connectivity index (χ4v) is 5.10. The van der Waals surface area contributed by atoms with Crippen molar-refractivity contribution in [3.63, 3.8) is 0 Å². The molecule has 1 heterocycles. The summed E-state index contributed by atoms with van der Waals surface area (Å²) >= 11 is 0. The van der Waals surface area contributed by atoms with Crippen LogP contribution >= 0.6 is 0 Å². The number of carbonyl (C=O) groups excluding carboxylic acids is 2. The lowest BCUT2D eigenvalue weighted by atomic mass is 9.68. The van der Waals surface area contributed by atoms with Crippen molar-refractivity contribution >= 4 is 11.8 Å². The summed E-state index contributed by atoms with van der Waals surface area (Å²) in [5.74, 6) is -0.500. The number of hydrogen-bond acceptors (Lipinski definition) is 6. The minimum atomic E-state index is -0.930. The summed E-state index contributed by atoms with van der Waals surface area (Å²) in [4.78, 5) is 43.4. The van der Waals surface area contributed by atoms with E-state index in [-0.39, 0.29) is 17.9 Å². The Balaban J connectivity index is 2.03. The number of nitrogens with zero attached hydrogens (tertiary/aromatic N) is 3. The zero-order valence-electron chi connectivity index (χ0n) is 20.7. The lowest BCUT2D eigenvalue weighted by Crippen LogP contribution is -2.38. The first-order valence-corrected chi connectivity index (χ1v) is 11.6. The normalized spacial score (nSPS) is 14.9. The molecule has 35 heavy (non-hydrogen) atoms. The quantitative estimate of drug-likeness (QED) is 0.578. The molecule has 4 rings (SSSR count). The molecule has 1 atom stereocenters. The van der Waals surface area contributed by atoms with Gasteiger partial charge in [0.2, 0.25) is 0 Å². The van der Waals surface area contributed by atoms with Crippen LogP contribution in [-0.4, -0.2) is 66.0 Å². The van der Waals surface area contributed by atoms with Gasteiger partial charge in [0.1, 0.15) is 0 Å². The number of nitrogens with one attached hydrogen (secondary N) is 1. The molecule has 0 radical (unpaired) electrons. The Morgan fingerprint density at radius 1 is 1.00 bits per heavy atom. The van der Waals surface area contributed by atoms with Crippen molar-refractivity contribution in [3.05, 3.63) is 86.2 Å². The van der Waals surface area contributed by atoms with Crippen LogP contribution in [0.2, 0.25) is 0 Å². The van der Waals surface area contributed by atoms with Crippen LogP contribution in [0.5, 0.6) is 0 Å². The number of amides is 2. The highest BCUT2D eigenvalue weighted by atomic mass is 16.5. The molecule has 3 N–H and O–H groups in total. The molecule has 9 nitrogen and oxygen atoms in total. The molecule has 1 aromatic heterocycles. The summed E-state index contributed by atoms with van der Waals surface area (Å²) in [5, 5.41) is 4.13. The third-order valence-electron chi connectivity index (χ3n) is 6.57. The van der Waals surface area contributed by atoms with Crippen LogP contribution in [-0.2, 0) is 18.3 Å². The van der Waals surface area contributed by atoms with Crippen LogP contribution in [0.25, 0.3) is 0 Å². The van der Waals surface area contributed by atoms with E-state index < -0.39 is 11.2 Å². The van der Waals surface area contributed by atoms with Crippen molar-refractivity contribution in [1.82, 2.24) is 19.9 Å². The highest BCUT2D eigenvalue weighted by Crippen LogP contribution is 2.46. The molecule has 0 bridgehead atoms. The van der Waals surface area contributed by atoms with Crippen LogP contribution in [0.1, 0.15) is 62.1 Å². The second-order valence-corrected chi connectivity index (χ2v) is 9.67. The van der Waals surface area contributed by atoms with E-state index in [4.69, 9.17) is 10.3 Å². The Morgan fingerprint density at radius 3 is 1.86 bits per heavy atom. The lowest BCUT2D eigenvalue weighted by Gasteiger charge is -2.35. The Labute approximate surface area is 203 Å². The zero-order chi connectivity index (χ0) is 25.5. The van der Waals surface area contributed by atoms with Gasteiger partial charge in [0.05, 0.1) is 5.41 Å². The largest absolute Gasteiger partial charge is 0.438 e. The van der Waals surface area contributed by atoms with Crippen molar-refractivity contribution in [2.24, 2.45) is 5.73 Å². The van der Waals surface area contributed by atoms with Gasteiger partial charge >= 0.3 is 5.76 Å². The molecule has 184 valence electrons. The van der Waals surface area contributed by atoms with Crippen LogP contribution < -0.4 is 11.5 Å². The highest BCUT2D eigenvalue weighted by molar-refractivity contribution is 5.95. The number of benzene rings is 2. The van der Waals surface area contributed by atoms with Crippen molar-refractivity contribution in [3.8, 4) is 0 Å². The van der Waals surface area contributed by atoms with Gasteiger partial charge in [-0.15, -0.1) is 0 Å². The third kappa shape index (κ3) is 4.27. The molecule has 0 fully saturated rings. The number of H-pyrrole nitrogens is 1. The van der Waals surface area contributed by atoms with E-state index in [9.17, 15) is 14.4 Å². The van der Waals surface area contributed by atoms with Gasteiger partial charge in [0.25, 0.3) is 11.8 Å². The number of fused-ring (bicyclic) bond motifs is 2. The van der Waals surface area contributed by atoms with Crippen molar-refractivity contribution in [1.29, 1.82) is 0 Å². The monoisotopic (exact) mass is 477 g/mol. The maximum absolute atomic E-state index is 12.7. The molecule has 0 saturated carbocycles. The molecule has 3 aromatic rings. The van der Waals surface area contributed by atoms with Gasteiger partial charge in [0.15, 0.2) is 5.82 Å². The molecule has 9 heteroatoms. The third-order valence-corrected chi connectivity index (χ3v) is 6.57. The van der Waals surface area contributed by atoms with E-state index in [1.165, 1.54) is 9.80 Å². The number of carbonyl (C=O) groups is 2. The second-order valence-electron chi connectivity index (χ2n) is 9.67. The van der Waals surface area contributed by atoms with Gasteiger partial charge in [-0.05, 0) is 72.7 Å². The molecule has 0 aliphatic heterocycles. The van der Waals surface area contributed by atoms with Gasteiger partial charge in [0, 0.05) is 45.4 Å². The van der Waals surface area contributed by atoms with E-state index >= 15 is 0 Å². The zero-order valence-corrected chi connectivity index (χ0v) is 20.7. The second kappa shape index (κ2) is 9.14. The smallest absolute Gasteiger partial charge is 0.345 e. The molecule has 0 spiro atoms. The average Bonchev–Trinajstić information content (AvgIpc) is 3.21. The van der Waals surface area contributed by atoms with Crippen LogP contribution in [0.15, 0.2) is 45.7 Å². The Hall–Kier alpha value is -3.72. The molecule has 0 unspecified atom stereocenters. The van der Waals surface area contributed by atoms with E-state index in [1.54, 1.807) is 40.3 Å². The van der Waals surface area contributed by atoms with Crippen molar-refractivity contribution in [2.75, 3.05) is 28.2 Å². The van der Waals surface area contributed by atoms with Crippen molar-refractivity contribution < 1.29 is 14.1 Å². The maximum atomic E-state index is 12.7. The minimum absolute atomic E-state index is 0.0962. The summed E-state index contributed by atoms with van der Waals surface area (Å²) in [6.45, 7) is 1.90. The van der Waals surface area contributed by atoms with Gasteiger partial charge < -0.3 is 15.5 Å². The minimum Gasteiger partial charge on any atom is -0.345 e. The van der Waals surface area contributed by atoms with E-state index in [0.717, 1.165) is 22.3 Å². The SMILES string of the molecule is C[C@H](N)CC1(c2noc(=O)[nH]2)c2ccc(C(=O)N(C)C)cc2CCc2cc(C(=O)N(C)C)ccc21. The lowest BCUT2D eigenvalue weighted by molar-refractivity contribution is 0.0820. The predicted molar refractivity (Wildman–Crippen MR) is 132 cm³/mol. The summed E-state index contributed by atoms with van der Waals surface area (Å²) in [5.41, 5.74) is 10.3. The number of nitrogens with two attached hydrogens (primary N) is 1. The fraction of sp³-hybridized carbons (Fsp3) is 0.385. The summed E-state index contributed by atoms with van der Waals surface area (Å²) in [6, 6.07) is 11.0. The summed E-state index contributed by atoms with van der Waals surface area (Å²) in [7, 11) is 6.86. The highest BCUT2D eigenvalue weighted by Gasteiger charge is 2.45. The first kappa shape index (κ1) is 24.4. The average molecular weight is 478 g/mol. The Bertz CT molecular complexity index is 1260. The standard InChI is InChI=1S/C26H31N5O4/c1-15(27)14-26(24-28-25(34)35-29-24)20-10-8-18(22(32)30(2)3)12-16(20)6-7-17-13-19(9-11-21(17)26)23(33)31(4)5/h8-13,15H,6-7,14,27H2,1-5H3,(H,28,29,34)/t15-/m0/s1. The van der Waals surface area contributed by atoms with E-state index in [2.05, 4.69) is 10.1 Å². The van der Waals surface area contributed by atoms with E-state index in [0.29, 0.717) is 36.2 Å². The van der Waals surface area contributed by atoms with Gasteiger partial charge in [-0.25, -0.2) is 4.79 Å². The molecular formula is C26H31N5O4. The first-order chi connectivity index (χ1) is 16.5. The van der Waals surface area contributed by atoms with Crippen LogP contribution in [0, 0.1) is 0 Å². The molecule has 2 amide bonds. The fourth-order valence-electron chi connectivity index (χ4n) is 5.10. The number of aryl methyl sites for hydroxylation is 2. The number of hydrogen-bond donors (Lipinski definition) is 2. The van der Waals surface area contributed by atoms with Crippen LogP contribution in [0.4, 0.5) is 0 Å². The first-order valence-electron chi connectivity index (χ1n) is 11.6. The van der Waals surface area contributed by atoms with Gasteiger partial charge in [-0.2, -0.15) is 0 Å². The topological polar surface area (TPSA) is 126 Å². The summed E-state index contributed by atoms with van der Waals surface area (Å²) in [6.07, 6.45) is 1.70. The van der Waals surface area contributed by atoms with Gasteiger partial charge in [-0.1, -0.05) is 17.3 Å². The van der Waals surface area contributed by atoms with Crippen LogP contribution in [0.3, 0.4) is 0 Å². The predicted octanol–water partition coefficient (Wildman–Crippen LogP) is 1.94. The maximum Gasteiger partial charge on any atom is 0.438 e. The molecule has 1 aliphatic carbocycles. The van der Waals surface area contributed by atoms with Gasteiger partial charge in [-0.3, -0.25) is 19.1 Å². The Morgan fingerprint density at radius 2 is 1.49 bits per heavy atom. The number of aromatic nitrogens is 2. The molecule has 1 aliphatic rings. The molecule has 2 aromatic carbocycles. The van der Waals surface area contributed by atoms with E-state index in [1.807, 2.05) is 31.2 Å². The number of rotatable bonds is 5. The number of aromatic amines is 1.